The first-order chi connectivity index (χ1) is 12.8. The van der Waals surface area contributed by atoms with Crippen LogP contribution < -0.4 is 0 Å². The molecule has 3 aromatic rings. The minimum atomic E-state index is 0.129. The fourth-order valence-corrected chi connectivity index (χ4v) is 2.45. The molecule has 0 saturated heterocycles. The van der Waals surface area contributed by atoms with Gasteiger partial charge in [-0.15, -0.1) is 0 Å². The van der Waals surface area contributed by atoms with Crippen LogP contribution in [0, 0.1) is 6.92 Å². The smallest absolute Gasteiger partial charge is 0.0705 e. The van der Waals surface area contributed by atoms with E-state index in [2.05, 4.69) is 68.3 Å². The lowest BCUT2D eigenvalue weighted by Gasteiger charge is -2.17. The minimum Gasteiger partial charge on any atom is -0.264 e. The second-order valence-electron chi connectivity index (χ2n) is 7.06. The topological polar surface area (TPSA) is 25.2 Å². The van der Waals surface area contributed by atoms with Crippen molar-refractivity contribution in [3.63, 3.8) is 0 Å². The second-order valence-corrected chi connectivity index (χ2v) is 7.06. The van der Waals surface area contributed by atoms with Gasteiger partial charge in [0, 0.05) is 16.5 Å². The summed E-state index contributed by atoms with van der Waals surface area (Å²) in [7, 11) is 0. The van der Waals surface area contributed by atoms with E-state index in [1.165, 1.54) is 10.9 Å². The van der Waals surface area contributed by atoms with Crippen LogP contribution >= 0.6 is 0 Å². The van der Waals surface area contributed by atoms with E-state index in [1.54, 1.807) is 6.08 Å². The van der Waals surface area contributed by atoms with Crippen LogP contribution in [0.5, 0.6) is 0 Å². The molecular formula is C25H32N2. The van der Waals surface area contributed by atoms with Crippen molar-refractivity contribution in [2.75, 3.05) is 0 Å². The Labute approximate surface area is 164 Å². The van der Waals surface area contributed by atoms with Gasteiger partial charge >= 0.3 is 0 Å². The summed E-state index contributed by atoms with van der Waals surface area (Å²) < 4.78 is 0. The Kier molecular flexibility index (Phi) is 8.61. The van der Waals surface area contributed by atoms with E-state index in [9.17, 15) is 0 Å². The molecule has 27 heavy (non-hydrogen) atoms. The SMILES string of the molecule is C=Cc1ccc(C)cc1N=C.CC.CC(C)(C)c1ccc2ccccc2n1. The standard InChI is InChI=1S/C13H15N.C10H11N.C2H6/c1-13(2,3)12-9-8-10-6-4-5-7-11(10)14-12;1-4-9-6-5-8(2)7-10(9)11-3;1-2/h4-9H,1-3H3;4-7H,1,3H2,2H3;1-2H3. The molecule has 0 aliphatic rings. The number of aliphatic imine (C=N–C) groups is 1. The van der Waals surface area contributed by atoms with E-state index < -0.39 is 0 Å². The van der Waals surface area contributed by atoms with Crippen molar-refractivity contribution in [3.05, 3.63) is 78.0 Å². The molecule has 0 spiro atoms. The van der Waals surface area contributed by atoms with Crippen LogP contribution in [0.2, 0.25) is 0 Å². The highest BCUT2D eigenvalue weighted by Crippen LogP contribution is 2.22. The Morgan fingerprint density at radius 2 is 1.63 bits per heavy atom. The van der Waals surface area contributed by atoms with E-state index in [0.717, 1.165) is 22.5 Å². The molecule has 0 radical (unpaired) electrons. The Bertz CT molecular complexity index is 886. The van der Waals surface area contributed by atoms with Crippen LogP contribution in [0.3, 0.4) is 0 Å². The Hall–Kier alpha value is -2.74. The first-order valence-electron chi connectivity index (χ1n) is 9.41. The van der Waals surface area contributed by atoms with Crippen LogP contribution in [0.1, 0.15) is 51.4 Å². The van der Waals surface area contributed by atoms with Crippen LogP contribution in [0.25, 0.3) is 17.0 Å². The zero-order valence-electron chi connectivity index (χ0n) is 17.6. The average molecular weight is 361 g/mol. The van der Waals surface area contributed by atoms with Gasteiger partial charge in [0.15, 0.2) is 0 Å². The third kappa shape index (κ3) is 6.49. The van der Waals surface area contributed by atoms with Gasteiger partial charge < -0.3 is 0 Å². The molecule has 1 heterocycles. The van der Waals surface area contributed by atoms with Gasteiger partial charge in [-0.05, 0) is 43.0 Å². The molecule has 0 bridgehead atoms. The zero-order chi connectivity index (χ0) is 20.4. The van der Waals surface area contributed by atoms with Crippen LogP contribution in [0.15, 0.2) is 66.2 Å². The molecule has 0 N–H and O–H groups in total. The number of benzene rings is 2. The Morgan fingerprint density at radius 3 is 2.22 bits per heavy atom. The third-order valence-electron chi connectivity index (χ3n) is 3.94. The lowest BCUT2D eigenvalue weighted by atomic mass is 9.91. The van der Waals surface area contributed by atoms with Gasteiger partial charge in [0.1, 0.15) is 0 Å². The highest BCUT2D eigenvalue weighted by Gasteiger charge is 2.14. The first-order valence-corrected chi connectivity index (χ1v) is 9.41. The molecule has 0 aliphatic heterocycles. The molecule has 2 nitrogen and oxygen atoms in total. The van der Waals surface area contributed by atoms with Gasteiger partial charge in [0.2, 0.25) is 0 Å². The summed E-state index contributed by atoms with van der Waals surface area (Å²) >= 11 is 0. The summed E-state index contributed by atoms with van der Waals surface area (Å²) in [6.45, 7) is 19.7. The predicted molar refractivity (Wildman–Crippen MR) is 122 cm³/mol. The Morgan fingerprint density at radius 1 is 0.963 bits per heavy atom. The second kappa shape index (κ2) is 10.4. The molecule has 0 amide bonds. The van der Waals surface area contributed by atoms with Crippen molar-refractivity contribution in [1.29, 1.82) is 0 Å². The molecule has 2 heteroatoms. The van der Waals surface area contributed by atoms with Crippen molar-refractivity contribution in [3.8, 4) is 0 Å². The maximum Gasteiger partial charge on any atom is 0.0705 e. The summed E-state index contributed by atoms with van der Waals surface area (Å²) in [5.74, 6) is 0. The molecule has 0 saturated carbocycles. The summed E-state index contributed by atoms with van der Waals surface area (Å²) in [5.41, 5.74) is 5.49. The first kappa shape index (κ1) is 22.3. The molecule has 142 valence electrons. The fraction of sp³-hybridized carbons (Fsp3) is 0.280. The van der Waals surface area contributed by atoms with Gasteiger partial charge in [0.05, 0.1) is 11.2 Å². The average Bonchev–Trinajstić information content (AvgIpc) is 2.69. The molecular weight excluding hydrogens is 328 g/mol. The maximum atomic E-state index is 4.65. The molecule has 0 aliphatic carbocycles. The number of nitrogens with zero attached hydrogens (tertiary/aromatic N) is 2. The number of hydrogen-bond donors (Lipinski definition) is 0. The van der Waals surface area contributed by atoms with Crippen molar-refractivity contribution in [1.82, 2.24) is 4.98 Å². The number of aromatic nitrogens is 1. The fourth-order valence-electron chi connectivity index (χ4n) is 2.45. The molecule has 3 rings (SSSR count). The van der Waals surface area contributed by atoms with E-state index >= 15 is 0 Å². The number of rotatable bonds is 2. The quantitative estimate of drug-likeness (QED) is 0.434. The van der Waals surface area contributed by atoms with Gasteiger partial charge in [-0.3, -0.25) is 9.98 Å². The summed E-state index contributed by atoms with van der Waals surface area (Å²) in [6, 6.07) is 18.5. The monoisotopic (exact) mass is 360 g/mol. The van der Waals surface area contributed by atoms with Crippen molar-refractivity contribution in [2.45, 2.75) is 47.0 Å². The predicted octanol–water partition coefficient (Wildman–Crippen LogP) is 7.53. The van der Waals surface area contributed by atoms with E-state index in [0.29, 0.717) is 0 Å². The lowest BCUT2D eigenvalue weighted by molar-refractivity contribution is 0.571. The molecule has 0 fully saturated rings. The van der Waals surface area contributed by atoms with E-state index in [-0.39, 0.29) is 5.41 Å². The molecule has 0 atom stereocenters. The van der Waals surface area contributed by atoms with Gasteiger partial charge in [-0.1, -0.05) is 83.7 Å². The number of pyridine rings is 1. The Balaban J connectivity index is 0.000000254. The third-order valence-corrected chi connectivity index (χ3v) is 3.94. The van der Waals surface area contributed by atoms with Crippen molar-refractivity contribution < 1.29 is 0 Å². The lowest BCUT2D eigenvalue weighted by Crippen LogP contribution is -2.13. The van der Waals surface area contributed by atoms with Crippen LogP contribution in [-0.4, -0.2) is 11.7 Å². The van der Waals surface area contributed by atoms with Gasteiger partial charge in [-0.2, -0.15) is 0 Å². The van der Waals surface area contributed by atoms with Crippen LogP contribution in [0.4, 0.5) is 5.69 Å². The van der Waals surface area contributed by atoms with Crippen molar-refractivity contribution in [2.24, 2.45) is 4.99 Å². The van der Waals surface area contributed by atoms with Gasteiger partial charge in [-0.25, -0.2) is 0 Å². The molecule has 1 aromatic heterocycles. The van der Waals surface area contributed by atoms with Crippen LogP contribution in [-0.2, 0) is 5.41 Å². The minimum absolute atomic E-state index is 0.129. The summed E-state index contributed by atoms with van der Waals surface area (Å²) in [5, 5.41) is 1.21. The number of fused-ring (bicyclic) bond motifs is 1. The maximum absolute atomic E-state index is 4.65. The summed E-state index contributed by atoms with van der Waals surface area (Å²) in [4.78, 5) is 8.53. The van der Waals surface area contributed by atoms with E-state index in [4.69, 9.17) is 0 Å². The number of para-hydroxylation sites is 1. The van der Waals surface area contributed by atoms with Gasteiger partial charge in [0.25, 0.3) is 0 Å². The highest BCUT2D eigenvalue weighted by atomic mass is 14.7. The van der Waals surface area contributed by atoms with E-state index in [1.807, 2.05) is 51.1 Å². The number of aryl methyl sites for hydroxylation is 1. The molecule has 0 unspecified atom stereocenters. The molecule has 2 aromatic carbocycles. The van der Waals surface area contributed by atoms with Crippen molar-refractivity contribution >= 4 is 29.4 Å². The largest absolute Gasteiger partial charge is 0.264 e. The number of hydrogen-bond acceptors (Lipinski definition) is 2. The summed E-state index contributed by atoms with van der Waals surface area (Å²) in [6.07, 6.45) is 1.78. The normalized spacial score (nSPS) is 10.1. The zero-order valence-corrected chi connectivity index (χ0v) is 17.6. The highest BCUT2D eigenvalue weighted by molar-refractivity contribution is 5.78.